The van der Waals surface area contributed by atoms with Crippen LogP contribution in [-0.2, 0) is 4.79 Å². The fourth-order valence-corrected chi connectivity index (χ4v) is 1.71. The fourth-order valence-electron chi connectivity index (χ4n) is 1.71. The SMILES string of the molecule is Cc1c(N2CCC2(F)F)ccnc1NC=O. The monoisotopic (exact) mass is 227 g/mol. The number of nitrogens with one attached hydrogen (secondary N) is 1. The van der Waals surface area contributed by atoms with E-state index in [-0.39, 0.29) is 6.42 Å². The lowest BCUT2D eigenvalue weighted by molar-refractivity contribution is -0.105. The van der Waals surface area contributed by atoms with Crippen molar-refractivity contribution in [3.05, 3.63) is 17.8 Å². The zero-order valence-corrected chi connectivity index (χ0v) is 8.70. The molecule has 0 unspecified atom stereocenters. The Bertz CT molecular complexity index is 423. The Balaban J connectivity index is 2.35. The molecule has 0 saturated carbocycles. The molecule has 6 heteroatoms. The van der Waals surface area contributed by atoms with Crippen LogP contribution in [0.15, 0.2) is 12.3 Å². The predicted octanol–water partition coefficient (Wildman–Crippen LogP) is 1.76. The number of rotatable bonds is 3. The van der Waals surface area contributed by atoms with E-state index < -0.39 is 6.05 Å². The van der Waals surface area contributed by atoms with Gasteiger partial charge in [0.25, 0.3) is 0 Å². The molecule has 4 nitrogen and oxygen atoms in total. The number of carbonyl (C=O) groups excluding carboxylic acids is 1. The van der Waals surface area contributed by atoms with Crippen LogP contribution in [-0.4, -0.2) is 24.0 Å². The molecule has 16 heavy (non-hydrogen) atoms. The summed E-state index contributed by atoms with van der Waals surface area (Å²) in [5.41, 5.74) is 0.963. The van der Waals surface area contributed by atoms with Gasteiger partial charge in [-0.2, -0.15) is 8.78 Å². The Hall–Kier alpha value is -1.72. The van der Waals surface area contributed by atoms with Gasteiger partial charge in [-0.1, -0.05) is 0 Å². The molecule has 0 atom stereocenters. The highest BCUT2D eigenvalue weighted by Gasteiger charge is 2.46. The first-order chi connectivity index (χ1) is 7.56. The second kappa shape index (κ2) is 3.70. The van der Waals surface area contributed by atoms with E-state index in [4.69, 9.17) is 0 Å². The standard InChI is InChI=1S/C10H11F2N3O/c1-7-8(15-5-3-10(15,11)12)2-4-13-9(7)14-6-16/h2,4,6H,3,5H2,1H3,(H,13,14,16). The third-order valence-corrected chi connectivity index (χ3v) is 2.69. The maximum absolute atomic E-state index is 13.2. The zero-order chi connectivity index (χ0) is 11.8. The summed E-state index contributed by atoms with van der Waals surface area (Å²) in [5, 5.41) is 2.38. The molecule has 1 amide bonds. The smallest absolute Gasteiger partial charge is 0.313 e. The van der Waals surface area contributed by atoms with Crippen molar-refractivity contribution >= 4 is 17.9 Å². The highest BCUT2D eigenvalue weighted by molar-refractivity contribution is 5.75. The van der Waals surface area contributed by atoms with E-state index >= 15 is 0 Å². The molecule has 0 aliphatic carbocycles. The van der Waals surface area contributed by atoms with Crippen LogP contribution in [0.3, 0.4) is 0 Å². The van der Waals surface area contributed by atoms with E-state index in [2.05, 4.69) is 10.3 Å². The van der Waals surface area contributed by atoms with Crippen molar-refractivity contribution in [2.75, 3.05) is 16.8 Å². The Morgan fingerprint density at radius 2 is 2.38 bits per heavy atom. The van der Waals surface area contributed by atoms with Crippen LogP contribution >= 0.6 is 0 Å². The van der Waals surface area contributed by atoms with Gasteiger partial charge < -0.3 is 10.2 Å². The molecule has 1 fully saturated rings. The van der Waals surface area contributed by atoms with Crippen LogP contribution in [0.25, 0.3) is 0 Å². The summed E-state index contributed by atoms with van der Waals surface area (Å²) in [4.78, 5) is 15.2. The van der Waals surface area contributed by atoms with Gasteiger partial charge in [-0.15, -0.1) is 0 Å². The molecular weight excluding hydrogens is 216 g/mol. The Morgan fingerprint density at radius 3 is 2.88 bits per heavy atom. The number of hydrogen-bond donors (Lipinski definition) is 1. The lowest BCUT2D eigenvalue weighted by atomic mass is 10.1. The maximum Gasteiger partial charge on any atom is 0.327 e. The van der Waals surface area contributed by atoms with E-state index in [9.17, 15) is 13.6 Å². The van der Waals surface area contributed by atoms with Gasteiger partial charge in [0.15, 0.2) is 0 Å². The predicted molar refractivity (Wildman–Crippen MR) is 55.6 cm³/mol. The number of carbonyl (C=O) groups is 1. The Morgan fingerprint density at radius 1 is 1.62 bits per heavy atom. The van der Waals surface area contributed by atoms with Crippen molar-refractivity contribution in [3.8, 4) is 0 Å². The molecule has 86 valence electrons. The van der Waals surface area contributed by atoms with Gasteiger partial charge >= 0.3 is 6.05 Å². The number of aromatic nitrogens is 1. The van der Waals surface area contributed by atoms with Crippen LogP contribution in [0.2, 0.25) is 0 Å². The highest BCUT2D eigenvalue weighted by atomic mass is 19.3. The minimum absolute atomic E-state index is 0.134. The molecule has 2 rings (SSSR count). The van der Waals surface area contributed by atoms with Gasteiger partial charge in [0.2, 0.25) is 6.41 Å². The summed E-state index contributed by atoms with van der Waals surface area (Å²) in [6.07, 6.45) is 1.75. The first kappa shape index (κ1) is 10.8. The molecule has 1 aromatic rings. The molecule has 0 radical (unpaired) electrons. The van der Waals surface area contributed by atoms with E-state index in [0.717, 1.165) is 4.90 Å². The second-order valence-corrected chi connectivity index (χ2v) is 3.63. The van der Waals surface area contributed by atoms with E-state index in [1.54, 1.807) is 6.92 Å². The minimum atomic E-state index is -2.79. The number of alkyl halides is 2. The number of halogens is 2. The largest absolute Gasteiger partial charge is 0.327 e. The van der Waals surface area contributed by atoms with Crippen molar-refractivity contribution in [1.82, 2.24) is 4.98 Å². The average Bonchev–Trinajstić information content (AvgIpc) is 2.23. The maximum atomic E-state index is 13.2. The summed E-state index contributed by atoms with van der Waals surface area (Å²) >= 11 is 0. The molecule has 1 saturated heterocycles. The first-order valence-electron chi connectivity index (χ1n) is 4.87. The van der Waals surface area contributed by atoms with Crippen LogP contribution in [0, 0.1) is 6.92 Å². The van der Waals surface area contributed by atoms with Crippen LogP contribution < -0.4 is 10.2 Å². The molecule has 1 aliphatic rings. The fraction of sp³-hybridized carbons (Fsp3) is 0.400. The normalized spacial score (nSPS) is 17.8. The minimum Gasteiger partial charge on any atom is -0.313 e. The third-order valence-electron chi connectivity index (χ3n) is 2.69. The van der Waals surface area contributed by atoms with E-state index in [1.165, 1.54) is 12.3 Å². The molecule has 0 bridgehead atoms. The third kappa shape index (κ3) is 1.60. The van der Waals surface area contributed by atoms with Crippen molar-refractivity contribution in [2.24, 2.45) is 0 Å². The summed E-state index contributed by atoms with van der Waals surface area (Å²) in [7, 11) is 0. The highest BCUT2D eigenvalue weighted by Crippen LogP contribution is 2.40. The van der Waals surface area contributed by atoms with Gasteiger partial charge in [-0.25, -0.2) is 4.98 Å². The number of nitrogens with zero attached hydrogens (tertiary/aromatic N) is 2. The molecule has 1 N–H and O–H groups in total. The molecule has 1 aliphatic heterocycles. The summed E-state index contributed by atoms with van der Waals surface area (Å²) in [6.45, 7) is 1.97. The lowest BCUT2D eigenvalue weighted by Gasteiger charge is -2.42. The van der Waals surface area contributed by atoms with Crippen molar-refractivity contribution < 1.29 is 13.6 Å². The number of anilines is 2. The van der Waals surface area contributed by atoms with Crippen molar-refractivity contribution in [3.63, 3.8) is 0 Å². The van der Waals surface area contributed by atoms with Gasteiger partial charge in [-0.3, -0.25) is 4.79 Å². The van der Waals surface area contributed by atoms with Crippen molar-refractivity contribution in [1.29, 1.82) is 0 Å². The molecular formula is C10H11F2N3O. The Labute approximate surface area is 91.3 Å². The topological polar surface area (TPSA) is 45.2 Å². The quantitative estimate of drug-likeness (QED) is 0.632. The van der Waals surface area contributed by atoms with E-state index in [0.29, 0.717) is 30.0 Å². The average molecular weight is 227 g/mol. The first-order valence-corrected chi connectivity index (χ1v) is 4.87. The lowest BCUT2D eigenvalue weighted by Crippen LogP contribution is -2.54. The second-order valence-electron chi connectivity index (χ2n) is 3.63. The summed E-state index contributed by atoms with van der Waals surface area (Å²) in [5.74, 6) is 0.315. The van der Waals surface area contributed by atoms with Crippen molar-refractivity contribution in [2.45, 2.75) is 19.4 Å². The van der Waals surface area contributed by atoms with E-state index in [1.807, 2.05) is 0 Å². The van der Waals surface area contributed by atoms with Gasteiger partial charge in [0.1, 0.15) is 5.82 Å². The molecule has 1 aromatic heterocycles. The van der Waals surface area contributed by atoms with Gasteiger partial charge in [0.05, 0.1) is 0 Å². The zero-order valence-electron chi connectivity index (χ0n) is 8.70. The molecule has 0 spiro atoms. The van der Waals surface area contributed by atoms with Crippen LogP contribution in [0.5, 0.6) is 0 Å². The summed E-state index contributed by atoms with van der Waals surface area (Å²) < 4.78 is 26.4. The van der Waals surface area contributed by atoms with Gasteiger partial charge in [0, 0.05) is 30.4 Å². The Kier molecular flexibility index (Phi) is 2.49. The van der Waals surface area contributed by atoms with Crippen LogP contribution in [0.1, 0.15) is 12.0 Å². The summed E-state index contributed by atoms with van der Waals surface area (Å²) in [6, 6.07) is -1.26. The number of pyridine rings is 1. The van der Waals surface area contributed by atoms with Gasteiger partial charge in [-0.05, 0) is 13.0 Å². The molecule has 2 heterocycles. The van der Waals surface area contributed by atoms with Crippen LogP contribution in [0.4, 0.5) is 20.3 Å². The number of amides is 1. The number of hydrogen-bond acceptors (Lipinski definition) is 3. The molecule has 0 aromatic carbocycles.